The molecule has 0 radical (unpaired) electrons. The standard InChI is InChI=1S/C5H7N3S/c6-5(9)3-4-1-2-7-8-4/h1-2H,3H2,(H2,6,9)(H,7,8). The Balaban J connectivity index is 2.58. The topological polar surface area (TPSA) is 54.7 Å². The Labute approximate surface area is 58.3 Å². The summed E-state index contributed by atoms with van der Waals surface area (Å²) in [6.07, 6.45) is 2.28. The highest BCUT2D eigenvalue weighted by Gasteiger charge is 1.93. The van der Waals surface area contributed by atoms with Crippen molar-refractivity contribution in [2.45, 2.75) is 6.42 Å². The first-order valence-electron chi connectivity index (χ1n) is 2.55. The summed E-state index contributed by atoms with van der Waals surface area (Å²) >= 11 is 4.67. The number of rotatable bonds is 2. The van der Waals surface area contributed by atoms with Gasteiger partial charge in [0.2, 0.25) is 0 Å². The number of nitrogens with two attached hydrogens (primary N) is 1. The Bertz CT molecular complexity index is 192. The Morgan fingerprint density at radius 1 is 1.89 bits per heavy atom. The Morgan fingerprint density at radius 2 is 2.67 bits per heavy atom. The number of thiocarbonyl (C=S) groups is 1. The minimum absolute atomic E-state index is 0.485. The van der Waals surface area contributed by atoms with Gasteiger partial charge in [0.05, 0.1) is 4.99 Å². The highest BCUT2D eigenvalue weighted by atomic mass is 32.1. The molecule has 0 aliphatic rings. The predicted octanol–water partition coefficient (Wildman–Crippen LogP) is 0.238. The van der Waals surface area contributed by atoms with Crippen molar-refractivity contribution < 1.29 is 0 Å². The molecule has 0 unspecified atom stereocenters. The maximum absolute atomic E-state index is 5.27. The molecule has 0 fully saturated rings. The summed E-state index contributed by atoms with van der Waals surface area (Å²) in [5.41, 5.74) is 6.23. The lowest BCUT2D eigenvalue weighted by Gasteiger charge is -1.90. The van der Waals surface area contributed by atoms with E-state index in [2.05, 4.69) is 22.4 Å². The molecular weight excluding hydrogens is 134 g/mol. The van der Waals surface area contributed by atoms with Gasteiger partial charge in [-0.2, -0.15) is 5.10 Å². The van der Waals surface area contributed by atoms with Gasteiger partial charge in [-0.1, -0.05) is 12.2 Å². The quantitative estimate of drug-likeness (QED) is 0.580. The highest BCUT2D eigenvalue weighted by molar-refractivity contribution is 7.80. The molecule has 0 aliphatic heterocycles. The molecule has 1 aromatic rings. The van der Waals surface area contributed by atoms with Crippen molar-refractivity contribution in [1.29, 1.82) is 0 Å². The third-order valence-electron chi connectivity index (χ3n) is 0.923. The molecule has 1 aromatic heterocycles. The summed E-state index contributed by atoms with van der Waals surface area (Å²) in [5.74, 6) is 0. The second-order valence-corrected chi connectivity index (χ2v) is 2.25. The van der Waals surface area contributed by atoms with Crippen LogP contribution in [0.25, 0.3) is 0 Å². The number of hydrogen-bond donors (Lipinski definition) is 2. The monoisotopic (exact) mass is 141 g/mol. The molecule has 48 valence electrons. The van der Waals surface area contributed by atoms with Crippen LogP contribution >= 0.6 is 12.2 Å². The minimum Gasteiger partial charge on any atom is -0.393 e. The Kier molecular flexibility index (Phi) is 1.79. The molecule has 1 heterocycles. The number of nitrogens with zero attached hydrogens (tertiary/aromatic N) is 1. The average Bonchev–Trinajstić information content (AvgIpc) is 2.15. The zero-order chi connectivity index (χ0) is 6.69. The first kappa shape index (κ1) is 6.22. The predicted molar refractivity (Wildman–Crippen MR) is 39.1 cm³/mol. The summed E-state index contributed by atoms with van der Waals surface area (Å²) in [6, 6.07) is 1.85. The summed E-state index contributed by atoms with van der Waals surface area (Å²) in [7, 11) is 0. The molecule has 1 rings (SSSR count). The van der Waals surface area contributed by atoms with E-state index in [9.17, 15) is 0 Å². The third-order valence-corrected chi connectivity index (χ3v) is 1.07. The largest absolute Gasteiger partial charge is 0.393 e. The van der Waals surface area contributed by atoms with Crippen molar-refractivity contribution in [1.82, 2.24) is 10.2 Å². The van der Waals surface area contributed by atoms with E-state index < -0.39 is 0 Å². The molecule has 4 heteroatoms. The summed E-state index contributed by atoms with van der Waals surface area (Å²) in [4.78, 5) is 0.485. The van der Waals surface area contributed by atoms with E-state index in [4.69, 9.17) is 5.73 Å². The lowest BCUT2D eigenvalue weighted by Crippen LogP contribution is -2.11. The smallest absolute Gasteiger partial charge is 0.0787 e. The average molecular weight is 141 g/mol. The Morgan fingerprint density at radius 3 is 3.11 bits per heavy atom. The second kappa shape index (κ2) is 2.59. The molecule has 0 aromatic carbocycles. The first-order chi connectivity index (χ1) is 4.29. The highest BCUT2D eigenvalue weighted by Crippen LogP contribution is 1.91. The van der Waals surface area contributed by atoms with Crippen LogP contribution in [0.1, 0.15) is 5.69 Å². The van der Waals surface area contributed by atoms with Gasteiger partial charge in [0, 0.05) is 18.3 Å². The van der Waals surface area contributed by atoms with Crippen LogP contribution in [0.3, 0.4) is 0 Å². The minimum atomic E-state index is 0.485. The van der Waals surface area contributed by atoms with Gasteiger partial charge in [0.1, 0.15) is 0 Å². The van der Waals surface area contributed by atoms with E-state index >= 15 is 0 Å². The van der Waals surface area contributed by atoms with Crippen LogP contribution in [0.5, 0.6) is 0 Å². The van der Waals surface area contributed by atoms with Crippen LogP contribution in [0.2, 0.25) is 0 Å². The van der Waals surface area contributed by atoms with Gasteiger partial charge in [0.25, 0.3) is 0 Å². The van der Waals surface area contributed by atoms with E-state index in [1.807, 2.05) is 6.07 Å². The first-order valence-corrected chi connectivity index (χ1v) is 2.96. The fourth-order valence-electron chi connectivity index (χ4n) is 0.571. The van der Waals surface area contributed by atoms with Crippen molar-refractivity contribution >= 4 is 17.2 Å². The lowest BCUT2D eigenvalue weighted by atomic mass is 10.3. The SMILES string of the molecule is NC(=S)Cc1ccn[nH]1. The molecule has 9 heavy (non-hydrogen) atoms. The summed E-state index contributed by atoms with van der Waals surface area (Å²) in [6.45, 7) is 0. The molecule has 0 aliphatic carbocycles. The van der Waals surface area contributed by atoms with E-state index in [1.165, 1.54) is 0 Å². The number of nitrogens with one attached hydrogen (secondary N) is 1. The van der Waals surface area contributed by atoms with E-state index in [0.717, 1.165) is 5.69 Å². The third kappa shape index (κ3) is 1.81. The van der Waals surface area contributed by atoms with Crippen LogP contribution in [0.15, 0.2) is 12.3 Å². The van der Waals surface area contributed by atoms with Gasteiger partial charge < -0.3 is 5.73 Å². The summed E-state index contributed by atoms with van der Waals surface area (Å²) in [5, 5.41) is 6.49. The number of hydrogen-bond acceptors (Lipinski definition) is 2. The van der Waals surface area contributed by atoms with Crippen molar-refractivity contribution in [2.24, 2.45) is 5.73 Å². The Hall–Kier alpha value is -0.900. The van der Waals surface area contributed by atoms with Crippen LogP contribution < -0.4 is 5.73 Å². The molecule has 3 nitrogen and oxygen atoms in total. The molecule has 0 spiro atoms. The van der Waals surface area contributed by atoms with Crippen LogP contribution in [0.4, 0.5) is 0 Å². The molecule has 3 N–H and O–H groups in total. The van der Waals surface area contributed by atoms with Gasteiger partial charge in [-0.15, -0.1) is 0 Å². The molecule has 0 atom stereocenters. The maximum Gasteiger partial charge on any atom is 0.0787 e. The van der Waals surface area contributed by atoms with Crippen LogP contribution in [-0.4, -0.2) is 15.2 Å². The van der Waals surface area contributed by atoms with Gasteiger partial charge in [-0.25, -0.2) is 0 Å². The zero-order valence-corrected chi connectivity index (χ0v) is 5.61. The fourth-order valence-corrected chi connectivity index (χ4v) is 0.726. The lowest BCUT2D eigenvalue weighted by molar-refractivity contribution is 1.03. The molecule has 0 saturated heterocycles. The summed E-state index contributed by atoms with van der Waals surface area (Å²) < 4.78 is 0. The van der Waals surface area contributed by atoms with Crippen molar-refractivity contribution in [3.63, 3.8) is 0 Å². The number of H-pyrrole nitrogens is 1. The second-order valence-electron chi connectivity index (χ2n) is 1.72. The zero-order valence-electron chi connectivity index (χ0n) is 4.79. The molecular formula is C5H7N3S. The maximum atomic E-state index is 5.27. The van der Waals surface area contributed by atoms with Gasteiger partial charge in [-0.3, -0.25) is 5.10 Å². The van der Waals surface area contributed by atoms with Gasteiger partial charge in [0.15, 0.2) is 0 Å². The van der Waals surface area contributed by atoms with Gasteiger partial charge in [-0.05, 0) is 6.07 Å². The van der Waals surface area contributed by atoms with E-state index in [0.29, 0.717) is 11.4 Å². The fraction of sp³-hybridized carbons (Fsp3) is 0.200. The van der Waals surface area contributed by atoms with Crippen molar-refractivity contribution in [3.8, 4) is 0 Å². The van der Waals surface area contributed by atoms with Crippen molar-refractivity contribution in [3.05, 3.63) is 18.0 Å². The van der Waals surface area contributed by atoms with E-state index in [1.54, 1.807) is 6.20 Å². The van der Waals surface area contributed by atoms with Crippen molar-refractivity contribution in [2.75, 3.05) is 0 Å². The van der Waals surface area contributed by atoms with Gasteiger partial charge >= 0.3 is 0 Å². The normalized spacial score (nSPS) is 9.33. The number of aromatic amines is 1. The van der Waals surface area contributed by atoms with Crippen LogP contribution in [-0.2, 0) is 6.42 Å². The van der Waals surface area contributed by atoms with E-state index in [-0.39, 0.29) is 0 Å². The molecule has 0 saturated carbocycles. The van der Waals surface area contributed by atoms with Crippen LogP contribution in [0, 0.1) is 0 Å². The number of aromatic nitrogens is 2. The molecule has 0 amide bonds. The molecule has 0 bridgehead atoms.